The lowest BCUT2D eigenvalue weighted by molar-refractivity contribution is 0.0602. The second kappa shape index (κ2) is 7.41. The van der Waals surface area contributed by atoms with Gasteiger partial charge in [-0.15, -0.1) is 5.10 Å². The fourth-order valence-corrected chi connectivity index (χ4v) is 2.79. The van der Waals surface area contributed by atoms with Crippen molar-refractivity contribution in [1.29, 1.82) is 0 Å². The number of carbonyl (C=O) groups is 2. The lowest BCUT2D eigenvalue weighted by atomic mass is 10.1. The average molecular weight is 364 g/mol. The zero-order valence-corrected chi connectivity index (χ0v) is 15.6. The maximum absolute atomic E-state index is 12.7. The lowest BCUT2D eigenvalue weighted by Crippen LogP contribution is -2.17. The number of amides is 1. The molecule has 1 N–H and O–H groups in total. The van der Waals surface area contributed by atoms with E-state index in [0.29, 0.717) is 11.4 Å². The van der Waals surface area contributed by atoms with Crippen molar-refractivity contribution in [3.05, 3.63) is 70.5 Å². The molecule has 0 saturated heterocycles. The van der Waals surface area contributed by atoms with Gasteiger partial charge in [-0.3, -0.25) is 4.79 Å². The average Bonchev–Trinajstić information content (AvgIpc) is 3.03. The summed E-state index contributed by atoms with van der Waals surface area (Å²) in [5, 5.41) is 11.4. The number of aromatic nitrogens is 3. The Kier molecular flexibility index (Phi) is 5.03. The first-order valence-electron chi connectivity index (χ1n) is 8.41. The van der Waals surface area contributed by atoms with Crippen LogP contribution >= 0.6 is 0 Å². The summed E-state index contributed by atoms with van der Waals surface area (Å²) >= 11 is 0. The highest BCUT2D eigenvalue weighted by Crippen LogP contribution is 2.19. The highest BCUT2D eigenvalue weighted by atomic mass is 16.5. The second-order valence-corrected chi connectivity index (χ2v) is 6.20. The number of nitrogens with one attached hydrogen (secondary N) is 1. The molecule has 7 nitrogen and oxygen atoms in total. The smallest absolute Gasteiger partial charge is 0.339 e. The van der Waals surface area contributed by atoms with Crippen molar-refractivity contribution in [2.24, 2.45) is 0 Å². The van der Waals surface area contributed by atoms with Crippen molar-refractivity contribution >= 4 is 17.6 Å². The number of aryl methyl sites for hydroxylation is 3. The van der Waals surface area contributed by atoms with Crippen LogP contribution in [0.1, 0.15) is 37.7 Å². The number of ether oxygens (including phenoxy) is 1. The molecule has 0 aliphatic rings. The number of carbonyl (C=O) groups excluding carboxylic acids is 2. The fraction of sp³-hybridized carbons (Fsp3) is 0.200. The van der Waals surface area contributed by atoms with Crippen LogP contribution in [0.3, 0.4) is 0 Å². The van der Waals surface area contributed by atoms with Crippen LogP contribution in [-0.2, 0) is 4.74 Å². The van der Waals surface area contributed by atoms with E-state index < -0.39 is 11.9 Å². The third-order valence-corrected chi connectivity index (χ3v) is 4.15. The molecule has 7 heteroatoms. The molecule has 3 aromatic rings. The van der Waals surface area contributed by atoms with Crippen LogP contribution in [0.15, 0.2) is 42.5 Å². The predicted molar refractivity (Wildman–Crippen MR) is 101 cm³/mol. The van der Waals surface area contributed by atoms with Gasteiger partial charge in [-0.1, -0.05) is 29.8 Å². The number of nitrogens with zero attached hydrogens (tertiary/aromatic N) is 3. The standard InChI is InChI=1S/C20H20N4O3/c1-12-9-10-17(13(2)11-12)24-22-14(3)18(23-24)19(25)21-16-8-6-5-7-15(16)20(26)27-4/h5-11H,1-4H3,(H,21,25). The molecule has 0 radical (unpaired) electrons. The maximum Gasteiger partial charge on any atom is 0.339 e. The zero-order valence-electron chi connectivity index (χ0n) is 15.6. The summed E-state index contributed by atoms with van der Waals surface area (Å²) < 4.78 is 4.75. The van der Waals surface area contributed by atoms with E-state index in [1.54, 1.807) is 31.2 Å². The van der Waals surface area contributed by atoms with E-state index in [-0.39, 0.29) is 11.3 Å². The zero-order chi connectivity index (χ0) is 19.6. The largest absolute Gasteiger partial charge is 0.465 e. The van der Waals surface area contributed by atoms with Crippen LogP contribution in [0.5, 0.6) is 0 Å². The molecule has 0 aliphatic heterocycles. The fourth-order valence-electron chi connectivity index (χ4n) is 2.79. The van der Waals surface area contributed by atoms with Gasteiger partial charge in [0.05, 0.1) is 29.7 Å². The van der Waals surface area contributed by atoms with Gasteiger partial charge in [0.15, 0.2) is 5.69 Å². The van der Waals surface area contributed by atoms with Gasteiger partial charge in [0.2, 0.25) is 0 Å². The van der Waals surface area contributed by atoms with Gasteiger partial charge in [0.1, 0.15) is 0 Å². The first-order valence-corrected chi connectivity index (χ1v) is 8.41. The summed E-state index contributed by atoms with van der Waals surface area (Å²) in [6.07, 6.45) is 0. The van der Waals surface area contributed by atoms with Gasteiger partial charge in [-0.05, 0) is 44.5 Å². The van der Waals surface area contributed by atoms with Crippen molar-refractivity contribution in [2.75, 3.05) is 12.4 Å². The Morgan fingerprint density at radius 1 is 1.04 bits per heavy atom. The predicted octanol–water partition coefficient (Wildman–Crippen LogP) is 3.23. The molecule has 0 fully saturated rings. The lowest BCUT2D eigenvalue weighted by Gasteiger charge is -2.08. The topological polar surface area (TPSA) is 86.1 Å². The first kappa shape index (κ1) is 18.3. The minimum atomic E-state index is -0.526. The molecule has 27 heavy (non-hydrogen) atoms. The van der Waals surface area contributed by atoms with Crippen molar-refractivity contribution in [1.82, 2.24) is 15.0 Å². The Balaban J connectivity index is 1.91. The number of rotatable bonds is 4. The molecule has 3 rings (SSSR count). The Hall–Kier alpha value is -3.48. The Labute approximate surface area is 157 Å². The molecule has 0 saturated carbocycles. The summed E-state index contributed by atoms with van der Waals surface area (Å²) in [5.41, 5.74) is 4.25. The SMILES string of the molecule is COC(=O)c1ccccc1NC(=O)c1nn(-c2ccc(C)cc2C)nc1C. The van der Waals surface area contributed by atoms with Crippen molar-refractivity contribution in [2.45, 2.75) is 20.8 Å². The molecule has 0 aliphatic carbocycles. The van der Waals surface area contributed by atoms with Crippen LogP contribution in [0.25, 0.3) is 5.69 Å². The van der Waals surface area contributed by atoms with Crippen molar-refractivity contribution < 1.29 is 14.3 Å². The van der Waals surface area contributed by atoms with Crippen LogP contribution in [0.2, 0.25) is 0 Å². The molecule has 2 aromatic carbocycles. The summed E-state index contributed by atoms with van der Waals surface area (Å²) in [5.74, 6) is -0.971. The highest BCUT2D eigenvalue weighted by Gasteiger charge is 2.20. The molecular formula is C20H20N4O3. The van der Waals surface area contributed by atoms with Gasteiger partial charge in [-0.2, -0.15) is 9.90 Å². The van der Waals surface area contributed by atoms with E-state index in [4.69, 9.17) is 4.74 Å². The molecule has 138 valence electrons. The number of esters is 1. The van der Waals surface area contributed by atoms with E-state index in [1.807, 2.05) is 32.0 Å². The molecular weight excluding hydrogens is 344 g/mol. The summed E-state index contributed by atoms with van der Waals surface area (Å²) in [4.78, 5) is 26.0. The summed E-state index contributed by atoms with van der Waals surface area (Å²) in [6, 6.07) is 12.5. The maximum atomic E-state index is 12.7. The van der Waals surface area contributed by atoms with E-state index in [9.17, 15) is 9.59 Å². The van der Waals surface area contributed by atoms with E-state index in [0.717, 1.165) is 16.8 Å². The number of para-hydroxylation sites is 1. The number of hydrogen-bond donors (Lipinski definition) is 1. The molecule has 0 bridgehead atoms. The Bertz CT molecular complexity index is 1020. The van der Waals surface area contributed by atoms with Crippen LogP contribution in [0.4, 0.5) is 5.69 Å². The minimum Gasteiger partial charge on any atom is -0.465 e. The number of hydrogen-bond acceptors (Lipinski definition) is 5. The van der Waals surface area contributed by atoms with Crippen LogP contribution in [0, 0.1) is 20.8 Å². The van der Waals surface area contributed by atoms with Crippen LogP contribution < -0.4 is 5.32 Å². The van der Waals surface area contributed by atoms with Gasteiger partial charge in [0, 0.05) is 0 Å². The third-order valence-electron chi connectivity index (χ3n) is 4.15. The Morgan fingerprint density at radius 2 is 1.78 bits per heavy atom. The normalized spacial score (nSPS) is 10.5. The highest BCUT2D eigenvalue weighted by molar-refractivity contribution is 6.07. The summed E-state index contributed by atoms with van der Waals surface area (Å²) in [7, 11) is 1.29. The van der Waals surface area contributed by atoms with E-state index in [1.165, 1.54) is 11.9 Å². The van der Waals surface area contributed by atoms with Gasteiger partial charge >= 0.3 is 5.97 Å². The van der Waals surface area contributed by atoms with Crippen molar-refractivity contribution in [3.63, 3.8) is 0 Å². The third kappa shape index (κ3) is 3.72. The van der Waals surface area contributed by atoms with E-state index >= 15 is 0 Å². The van der Waals surface area contributed by atoms with Crippen LogP contribution in [-0.4, -0.2) is 34.0 Å². The van der Waals surface area contributed by atoms with Gasteiger partial charge in [0.25, 0.3) is 5.91 Å². The molecule has 1 heterocycles. The molecule has 0 unspecified atom stereocenters. The molecule has 1 aromatic heterocycles. The minimum absolute atomic E-state index is 0.189. The quantitative estimate of drug-likeness (QED) is 0.718. The molecule has 0 spiro atoms. The monoisotopic (exact) mass is 364 g/mol. The second-order valence-electron chi connectivity index (χ2n) is 6.20. The number of anilines is 1. The molecule has 0 atom stereocenters. The number of benzene rings is 2. The van der Waals surface area contributed by atoms with Gasteiger partial charge in [-0.25, -0.2) is 4.79 Å². The Morgan fingerprint density at radius 3 is 2.48 bits per heavy atom. The van der Waals surface area contributed by atoms with Crippen molar-refractivity contribution in [3.8, 4) is 5.69 Å². The van der Waals surface area contributed by atoms with E-state index in [2.05, 4.69) is 15.5 Å². The van der Waals surface area contributed by atoms with Gasteiger partial charge < -0.3 is 10.1 Å². The first-order chi connectivity index (χ1) is 12.9. The number of methoxy groups -OCH3 is 1. The summed E-state index contributed by atoms with van der Waals surface area (Å²) in [6.45, 7) is 5.69. The molecule has 1 amide bonds.